The van der Waals surface area contributed by atoms with Gasteiger partial charge in [0.25, 0.3) is 0 Å². The number of allylic oxidation sites excluding steroid dienone is 5. The second kappa shape index (κ2) is 6.17. The van der Waals surface area contributed by atoms with Crippen LogP contribution < -0.4 is 0 Å². The van der Waals surface area contributed by atoms with E-state index in [9.17, 15) is 4.39 Å². The molecule has 0 spiro atoms. The molecule has 0 N–H and O–H groups in total. The average Bonchev–Trinajstić information content (AvgIpc) is 2.03. The molecule has 0 aromatic rings. The fraction of sp³-hybridized carbons (Fsp3) is 0.333. The van der Waals surface area contributed by atoms with E-state index in [-0.39, 0.29) is 11.7 Å². The summed E-state index contributed by atoms with van der Waals surface area (Å²) in [6.07, 6.45) is 5.63. The van der Waals surface area contributed by atoms with Crippen LogP contribution in [0.5, 0.6) is 0 Å². The first-order chi connectivity index (χ1) is 5.24. The highest BCUT2D eigenvalue weighted by Crippen LogP contribution is 2.09. The minimum absolute atomic E-state index is 0.0610. The van der Waals surface area contributed by atoms with Crippen molar-refractivity contribution >= 4 is 11.6 Å². The fourth-order valence-corrected chi connectivity index (χ4v) is 0.736. The molecular weight excluding hydrogens is 163 g/mol. The second-order valence-electron chi connectivity index (χ2n) is 2.06. The highest BCUT2D eigenvalue weighted by Gasteiger charge is 1.92. The van der Waals surface area contributed by atoms with Crippen LogP contribution in [0.1, 0.15) is 13.3 Å². The van der Waals surface area contributed by atoms with Crippen molar-refractivity contribution in [3.63, 3.8) is 0 Å². The van der Waals surface area contributed by atoms with Crippen LogP contribution in [0.4, 0.5) is 4.39 Å². The summed E-state index contributed by atoms with van der Waals surface area (Å²) in [7, 11) is 0. The van der Waals surface area contributed by atoms with Gasteiger partial charge >= 0.3 is 0 Å². The van der Waals surface area contributed by atoms with Crippen LogP contribution in [0, 0.1) is 0 Å². The predicted molar refractivity (Wildman–Crippen MR) is 48.5 cm³/mol. The lowest BCUT2D eigenvalue weighted by atomic mass is 10.2. The van der Waals surface area contributed by atoms with E-state index in [2.05, 4.69) is 6.58 Å². The third kappa shape index (κ3) is 4.79. The van der Waals surface area contributed by atoms with Crippen LogP contribution in [0.15, 0.2) is 36.2 Å². The minimum Gasteiger partial charge on any atom is -0.210 e. The van der Waals surface area contributed by atoms with Crippen molar-refractivity contribution in [2.75, 3.05) is 5.88 Å². The Morgan fingerprint density at radius 3 is 2.64 bits per heavy atom. The Hall–Kier alpha value is -0.560. The highest BCUT2D eigenvalue weighted by atomic mass is 35.5. The zero-order valence-corrected chi connectivity index (χ0v) is 7.37. The van der Waals surface area contributed by atoms with E-state index in [1.807, 2.05) is 6.92 Å². The molecular formula is C9H12ClF. The van der Waals surface area contributed by atoms with Crippen molar-refractivity contribution in [1.82, 2.24) is 0 Å². The van der Waals surface area contributed by atoms with Crippen molar-refractivity contribution in [2.45, 2.75) is 13.3 Å². The molecule has 0 aliphatic rings. The van der Waals surface area contributed by atoms with E-state index < -0.39 is 0 Å². The number of hydrogen-bond donors (Lipinski definition) is 0. The molecule has 0 rings (SSSR count). The lowest BCUT2D eigenvalue weighted by molar-refractivity contribution is 0.641. The molecule has 0 radical (unpaired) electrons. The highest BCUT2D eigenvalue weighted by molar-refractivity contribution is 6.19. The SMILES string of the molecule is C=C/C=C(\C=C(\F)CCl)CC. The first-order valence-corrected chi connectivity index (χ1v) is 4.01. The van der Waals surface area contributed by atoms with Crippen molar-refractivity contribution < 1.29 is 4.39 Å². The Labute approximate surface area is 72.1 Å². The molecule has 0 saturated carbocycles. The van der Waals surface area contributed by atoms with E-state index in [4.69, 9.17) is 11.6 Å². The Bertz CT molecular complexity index is 180. The number of alkyl halides is 1. The van der Waals surface area contributed by atoms with E-state index in [0.29, 0.717) is 0 Å². The molecule has 0 heterocycles. The summed E-state index contributed by atoms with van der Waals surface area (Å²) in [4.78, 5) is 0. The first-order valence-electron chi connectivity index (χ1n) is 3.48. The molecule has 62 valence electrons. The molecule has 0 aliphatic heterocycles. The summed E-state index contributed by atoms with van der Waals surface area (Å²) in [5.74, 6) is -0.365. The van der Waals surface area contributed by atoms with Crippen LogP contribution in [0.25, 0.3) is 0 Å². The topological polar surface area (TPSA) is 0 Å². The van der Waals surface area contributed by atoms with E-state index in [0.717, 1.165) is 12.0 Å². The maximum Gasteiger partial charge on any atom is 0.115 e. The number of hydrogen-bond acceptors (Lipinski definition) is 0. The summed E-state index contributed by atoms with van der Waals surface area (Å²) >= 11 is 5.26. The quantitative estimate of drug-likeness (QED) is 0.451. The van der Waals surface area contributed by atoms with Crippen LogP contribution in [-0.2, 0) is 0 Å². The molecule has 11 heavy (non-hydrogen) atoms. The second-order valence-corrected chi connectivity index (χ2v) is 2.32. The molecule has 0 amide bonds. The van der Waals surface area contributed by atoms with Crippen LogP contribution in [-0.4, -0.2) is 5.88 Å². The summed E-state index contributed by atoms with van der Waals surface area (Å²) in [5, 5.41) is 0. The zero-order valence-electron chi connectivity index (χ0n) is 6.61. The van der Waals surface area contributed by atoms with Gasteiger partial charge in [-0.15, -0.1) is 11.6 Å². The molecule has 0 aliphatic carbocycles. The Balaban J connectivity index is 4.28. The van der Waals surface area contributed by atoms with Crippen LogP contribution in [0.2, 0.25) is 0 Å². The van der Waals surface area contributed by atoms with Crippen molar-refractivity contribution in [3.05, 3.63) is 36.2 Å². The summed E-state index contributed by atoms with van der Waals surface area (Å²) in [6.45, 7) is 5.47. The third-order valence-corrected chi connectivity index (χ3v) is 1.47. The van der Waals surface area contributed by atoms with Gasteiger partial charge < -0.3 is 0 Å². The third-order valence-electron chi connectivity index (χ3n) is 1.21. The van der Waals surface area contributed by atoms with E-state index in [1.54, 1.807) is 12.2 Å². The zero-order chi connectivity index (χ0) is 8.69. The van der Waals surface area contributed by atoms with Crippen molar-refractivity contribution in [3.8, 4) is 0 Å². The maximum absolute atomic E-state index is 12.5. The molecule has 0 fully saturated rings. The van der Waals surface area contributed by atoms with Gasteiger partial charge in [0.2, 0.25) is 0 Å². The maximum atomic E-state index is 12.5. The van der Waals surface area contributed by atoms with Crippen LogP contribution in [0.3, 0.4) is 0 Å². The van der Waals surface area contributed by atoms with Gasteiger partial charge in [-0.25, -0.2) is 4.39 Å². The smallest absolute Gasteiger partial charge is 0.115 e. The molecule has 0 unspecified atom stereocenters. The van der Waals surface area contributed by atoms with Gasteiger partial charge in [0, 0.05) is 0 Å². The molecule has 0 saturated heterocycles. The lowest BCUT2D eigenvalue weighted by Gasteiger charge is -1.94. The molecule has 0 bridgehead atoms. The monoisotopic (exact) mass is 174 g/mol. The van der Waals surface area contributed by atoms with Gasteiger partial charge in [0.15, 0.2) is 0 Å². The van der Waals surface area contributed by atoms with Crippen molar-refractivity contribution in [2.24, 2.45) is 0 Å². The summed E-state index contributed by atoms with van der Waals surface area (Å²) in [6, 6.07) is 0. The number of rotatable bonds is 4. The van der Waals surface area contributed by atoms with Gasteiger partial charge in [-0.2, -0.15) is 0 Å². The van der Waals surface area contributed by atoms with Crippen LogP contribution >= 0.6 is 11.6 Å². The summed E-state index contributed by atoms with van der Waals surface area (Å²) in [5.41, 5.74) is 0.901. The van der Waals surface area contributed by atoms with Gasteiger partial charge in [-0.3, -0.25) is 0 Å². The predicted octanol–water partition coefficient (Wildman–Crippen LogP) is 3.60. The van der Waals surface area contributed by atoms with Gasteiger partial charge in [0.1, 0.15) is 5.83 Å². The number of halogens is 2. The normalized spacial score (nSPS) is 13.4. The average molecular weight is 175 g/mol. The first kappa shape index (κ1) is 10.4. The molecule has 0 aromatic heterocycles. The largest absolute Gasteiger partial charge is 0.210 e. The molecule has 2 heteroatoms. The van der Waals surface area contributed by atoms with E-state index >= 15 is 0 Å². The molecule has 0 atom stereocenters. The van der Waals surface area contributed by atoms with Gasteiger partial charge in [-0.1, -0.05) is 25.7 Å². The molecule has 0 nitrogen and oxygen atoms in total. The van der Waals surface area contributed by atoms with Gasteiger partial charge in [-0.05, 0) is 18.1 Å². The Morgan fingerprint density at radius 2 is 2.27 bits per heavy atom. The lowest BCUT2D eigenvalue weighted by Crippen LogP contribution is -1.79. The van der Waals surface area contributed by atoms with Crippen molar-refractivity contribution in [1.29, 1.82) is 0 Å². The standard InChI is InChI=1S/C9H12ClF/c1-3-5-8(4-2)6-9(11)7-10/h3,5-6H,1,4,7H2,2H3/b8-5-,9-6+. The summed E-state index contributed by atoms with van der Waals surface area (Å²) < 4.78 is 12.5. The Kier molecular flexibility index (Phi) is 5.86. The molecule has 0 aromatic carbocycles. The Morgan fingerprint density at radius 1 is 1.64 bits per heavy atom. The minimum atomic E-state index is -0.304. The fourth-order valence-electron chi connectivity index (χ4n) is 0.659. The van der Waals surface area contributed by atoms with Gasteiger partial charge in [0.05, 0.1) is 5.88 Å². The van der Waals surface area contributed by atoms with E-state index in [1.165, 1.54) is 6.08 Å².